The molecule has 0 amide bonds. The fourth-order valence-electron chi connectivity index (χ4n) is 1.78. The van der Waals surface area contributed by atoms with Crippen molar-refractivity contribution in [3.63, 3.8) is 0 Å². The number of nitrogens with zero attached hydrogens (tertiary/aromatic N) is 2. The first-order valence-corrected chi connectivity index (χ1v) is 7.12. The molecular formula is C15H16N2O2S. The van der Waals surface area contributed by atoms with Crippen LogP contribution in [-0.2, 0) is 5.75 Å². The monoisotopic (exact) mass is 288 g/mol. The van der Waals surface area contributed by atoms with Crippen LogP contribution >= 0.6 is 11.9 Å². The Balaban J connectivity index is 2.20. The summed E-state index contributed by atoms with van der Waals surface area (Å²) in [6.45, 7) is 1.71. The molecule has 0 fully saturated rings. The molecule has 0 saturated carbocycles. The van der Waals surface area contributed by atoms with Gasteiger partial charge in [0, 0.05) is 23.4 Å². The van der Waals surface area contributed by atoms with Gasteiger partial charge in [-0.25, -0.2) is 0 Å². The molecule has 2 aromatic rings. The first-order valence-electron chi connectivity index (χ1n) is 6.18. The van der Waals surface area contributed by atoms with Crippen LogP contribution in [-0.4, -0.2) is 12.8 Å². The van der Waals surface area contributed by atoms with Crippen LogP contribution in [0.5, 0.6) is 5.75 Å². The van der Waals surface area contributed by atoms with Crippen LogP contribution in [0.25, 0.3) is 0 Å². The Morgan fingerprint density at radius 2 is 2.05 bits per heavy atom. The molecule has 1 heterocycles. The van der Waals surface area contributed by atoms with E-state index in [1.807, 2.05) is 52.8 Å². The number of methoxy groups -OCH3 is 1. The van der Waals surface area contributed by atoms with Crippen molar-refractivity contribution in [1.29, 1.82) is 0 Å². The van der Waals surface area contributed by atoms with E-state index in [0.29, 0.717) is 5.71 Å². The van der Waals surface area contributed by atoms with Crippen molar-refractivity contribution >= 4 is 17.7 Å². The quantitative estimate of drug-likeness (QED) is 0.483. The number of aromatic nitrogens is 1. The largest absolute Gasteiger partial charge is 0.792 e. The van der Waals surface area contributed by atoms with Crippen molar-refractivity contribution < 1.29 is 8.71 Å². The average molecular weight is 288 g/mol. The van der Waals surface area contributed by atoms with Gasteiger partial charge in [0.05, 0.1) is 12.9 Å². The molecule has 0 saturated heterocycles. The van der Waals surface area contributed by atoms with E-state index < -0.39 is 0 Å². The van der Waals surface area contributed by atoms with Gasteiger partial charge in [0.1, 0.15) is 5.75 Å². The zero-order chi connectivity index (χ0) is 14.4. The minimum Gasteiger partial charge on any atom is -0.792 e. The number of ether oxygens (including phenoxy) is 1. The van der Waals surface area contributed by atoms with E-state index in [-0.39, 0.29) is 0 Å². The van der Waals surface area contributed by atoms with Crippen LogP contribution in [0.2, 0.25) is 0 Å². The normalized spacial score (nSPS) is 11.4. The molecule has 0 atom stereocenters. The summed E-state index contributed by atoms with van der Waals surface area (Å²) < 4.78 is 7.39. The maximum atomic E-state index is 10.6. The smallest absolute Gasteiger partial charge is 0.183 e. The minimum absolute atomic E-state index is 0.478. The second-order valence-corrected chi connectivity index (χ2v) is 5.18. The lowest BCUT2D eigenvalue weighted by atomic mass is 10.1. The van der Waals surface area contributed by atoms with Gasteiger partial charge in [-0.15, -0.1) is 3.97 Å². The first-order chi connectivity index (χ1) is 9.74. The number of rotatable bonds is 5. The van der Waals surface area contributed by atoms with Crippen LogP contribution in [0.3, 0.4) is 0 Å². The second-order valence-electron chi connectivity index (χ2n) is 4.21. The van der Waals surface area contributed by atoms with Crippen LogP contribution in [0.1, 0.15) is 18.1 Å². The number of hydrogen-bond donors (Lipinski definition) is 0. The lowest BCUT2D eigenvalue weighted by molar-refractivity contribution is -0.494. The number of benzene rings is 1. The van der Waals surface area contributed by atoms with Gasteiger partial charge in [0.15, 0.2) is 24.3 Å². The van der Waals surface area contributed by atoms with E-state index in [4.69, 9.17) is 4.74 Å². The number of pyridine rings is 1. The lowest BCUT2D eigenvalue weighted by Crippen LogP contribution is -2.23. The molecule has 104 valence electrons. The average Bonchev–Trinajstić information content (AvgIpc) is 2.52. The van der Waals surface area contributed by atoms with Gasteiger partial charge in [-0.05, 0) is 30.7 Å². The Labute approximate surface area is 122 Å². The molecule has 5 heteroatoms. The van der Waals surface area contributed by atoms with Crippen molar-refractivity contribution in [3.8, 4) is 5.75 Å². The first kappa shape index (κ1) is 14.4. The zero-order valence-corrected chi connectivity index (χ0v) is 12.3. The molecule has 20 heavy (non-hydrogen) atoms. The summed E-state index contributed by atoms with van der Waals surface area (Å²) in [5, 5.41) is 13.6. The molecule has 0 N–H and O–H groups in total. The third kappa shape index (κ3) is 3.51. The van der Waals surface area contributed by atoms with E-state index in [9.17, 15) is 5.21 Å². The van der Waals surface area contributed by atoms with Crippen LogP contribution in [0, 0.1) is 5.21 Å². The SMILES string of the molecule is COc1ccc(/C(C)=N/[O-])cc1CS[n+]1ccccc1. The molecule has 2 rings (SSSR count). The molecule has 0 aliphatic rings. The highest BCUT2D eigenvalue weighted by atomic mass is 32.2. The van der Waals surface area contributed by atoms with Crippen molar-refractivity contribution in [2.75, 3.05) is 7.11 Å². The topological polar surface area (TPSA) is 48.5 Å². The fourth-order valence-corrected chi connectivity index (χ4v) is 2.61. The molecule has 0 bridgehead atoms. The molecule has 1 aromatic carbocycles. The van der Waals surface area contributed by atoms with E-state index in [1.54, 1.807) is 26.0 Å². The van der Waals surface area contributed by atoms with Gasteiger partial charge < -0.3 is 15.1 Å². The Morgan fingerprint density at radius 1 is 1.30 bits per heavy atom. The van der Waals surface area contributed by atoms with E-state index in [2.05, 4.69) is 5.16 Å². The van der Waals surface area contributed by atoms with Crippen molar-refractivity contribution in [2.24, 2.45) is 5.16 Å². The van der Waals surface area contributed by atoms with E-state index in [1.165, 1.54) is 0 Å². The predicted molar refractivity (Wildman–Crippen MR) is 81.9 cm³/mol. The van der Waals surface area contributed by atoms with Gasteiger partial charge in [-0.2, -0.15) is 0 Å². The number of hydrogen-bond acceptors (Lipinski definition) is 4. The van der Waals surface area contributed by atoms with Crippen molar-refractivity contribution in [2.45, 2.75) is 12.7 Å². The minimum atomic E-state index is 0.478. The summed E-state index contributed by atoms with van der Waals surface area (Å²) in [6.07, 6.45) is 3.98. The maximum Gasteiger partial charge on any atom is 0.183 e. The van der Waals surface area contributed by atoms with Gasteiger partial charge >= 0.3 is 0 Å². The lowest BCUT2D eigenvalue weighted by Gasteiger charge is -2.10. The van der Waals surface area contributed by atoms with Gasteiger partial charge in [0.2, 0.25) is 0 Å². The van der Waals surface area contributed by atoms with Crippen LogP contribution < -0.4 is 8.71 Å². The standard InChI is InChI=1S/C15H16N2O2S/c1-12(16-18)13-6-7-15(19-2)14(10-13)11-20-17-8-4-3-5-9-17/h3-10H,11H2,1-2H3/b16-12+. The second kappa shape index (κ2) is 6.96. The molecule has 1 aromatic heterocycles. The molecule has 0 spiro atoms. The van der Waals surface area contributed by atoms with Crippen molar-refractivity contribution in [1.82, 2.24) is 0 Å². The third-order valence-corrected chi connectivity index (χ3v) is 3.87. The maximum absolute atomic E-state index is 10.6. The summed E-state index contributed by atoms with van der Waals surface area (Å²) in [7, 11) is 1.65. The Kier molecular flexibility index (Phi) is 5.01. The highest BCUT2D eigenvalue weighted by Crippen LogP contribution is 2.23. The Bertz CT molecular complexity index is 600. The molecule has 4 nitrogen and oxygen atoms in total. The molecule has 0 aliphatic carbocycles. The highest BCUT2D eigenvalue weighted by Gasteiger charge is 2.10. The molecule has 0 unspecified atom stereocenters. The summed E-state index contributed by atoms with van der Waals surface area (Å²) in [6, 6.07) is 11.6. The summed E-state index contributed by atoms with van der Waals surface area (Å²) in [4.78, 5) is 0. The Hall–Kier alpha value is -2.01. The summed E-state index contributed by atoms with van der Waals surface area (Å²) in [5.41, 5.74) is 2.34. The molecule has 0 aliphatic heterocycles. The van der Waals surface area contributed by atoms with Crippen LogP contribution in [0.4, 0.5) is 0 Å². The highest BCUT2D eigenvalue weighted by molar-refractivity contribution is 7.92. The van der Waals surface area contributed by atoms with Gasteiger partial charge in [0.25, 0.3) is 0 Å². The van der Waals surface area contributed by atoms with Gasteiger partial charge in [-0.3, -0.25) is 0 Å². The van der Waals surface area contributed by atoms with E-state index >= 15 is 0 Å². The van der Waals surface area contributed by atoms with Crippen LogP contribution in [0.15, 0.2) is 53.9 Å². The third-order valence-electron chi connectivity index (χ3n) is 2.89. The van der Waals surface area contributed by atoms with Gasteiger partial charge in [-0.1, -0.05) is 6.07 Å². The fraction of sp³-hybridized carbons (Fsp3) is 0.200. The molecule has 0 radical (unpaired) electrons. The predicted octanol–water partition coefficient (Wildman–Crippen LogP) is 2.99. The zero-order valence-electron chi connectivity index (χ0n) is 11.4. The summed E-state index contributed by atoms with van der Waals surface area (Å²) >= 11 is 1.65. The summed E-state index contributed by atoms with van der Waals surface area (Å²) in [5.74, 6) is 1.56. The Morgan fingerprint density at radius 3 is 2.70 bits per heavy atom. The van der Waals surface area contributed by atoms with E-state index in [0.717, 1.165) is 22.6 Å². The molecular weight excluding hydrogens is 272 g/mol. The van der Waals surface area contributed by atoms with Crippen molar-refractivity contribution in [3.05, 3.63) is 65.1 Å².